The number of thiophene rings is 1. The van der Waals surface area contributed by atoms with Gasteiger partial charge in [-0.1, -0.05) is 38.3 Å². The molecular formula is C24H33NO3S. The van der Waals surface area contributed by atoms with Crippen molar-refractivity contribution in [1.82, 2.24) is 0 Å². The Kier molecular flexibility index (Phi) is 8.28. The monoisotopic (exact) mass is 415 g/mol. The number of aliphatic hydroxyl groups excluding tert-OH is 1. The molecule has 0 saturated carbocycles. The summed E-state index contributed by atoms with van der Waals surface area (Å²) in [6.45, 7) is 5.41. The summed E-state index contributed by atoms with van der Waals surface area (Å²) in [4.78, 5) is 17.1. The fourth-order valence-corrected chi connectivity index (χ4v) is 4.75. The van der Waals surface area contributed by atoms with Gasteiger partial charge in [0.25, 0.3) is 0 Å². The molecule has 4 nitrogen and oxygen atoms in total. The van der Waals surface area contributed by atoms with Crippen LogP contribution in [0.1, 0.15) is 73.3 Å². The van der Waals surface area contributed by atoms with E-state index in [0.29, 0.717) is 19.6 Å². The van der Waals surface area contributed by atoms with Gasteiger partial charge in [0, 0.05) is 21.9 Å². The van der Waals surface area contributed by atoms with E-state index in [0.717, 1.165) is 49.8 Å². The summed E-state index contributed by atoms with van der Waals surface area (Å²) >= 11 is 1.75. The van der Waals surface area contributed by atoms with Crippen LogP contribution in [0.5, 0.6) is 0 Å². The van der Waals surface area contributed by atoms with Crippen molar-refractivity contribution in [2.75, 3.05) is 11.5 Å². The van der Waals surface area contributed by atoms with Crippen LogP contribution in [0.3, 0.4) is 0 Å². The van der Waals surface area contributed by atoms with Crippen molar-refractivity contribution < 1.29 is 14.6 Å². The van der Waals surface area contributed by atoms with E-state index < -0.39 is 6.10 Å². The normalized spacial score (nSPS) is 18.2. The van der Waals surface area contributed by atoms with Crippen molar-refractivity contribution in [3.8, 4) is 0 Å². The number of aryl methyl sites for hydroxylation is 1. The summed E-state index contributed by atoms with van der Waals surface area (Å²) in [5, 5.41) is 10.4. The number of aliphatic hydroxyl groups is 1. The van der Waals surface area contributed by atoms with E-state index in [9.17, 15) is 9.90 Å². The molecule has 1 fully saturated rings. The van der Waals surface area contributed by atoms with Crippen LogP contribution in [0.4, 0.5) is 5.69 Å². The molecule has 2 atom stereocenters. The minimum atomic E-state index is -0.430. The van der Waals surface area contributed by atoms with Crippen LogP contribution in [0.25, 0.3) is 0 Å². The van der Waals surface area contributed by atoms with Crippen LogP contribution in [0.2, 0.25) is 0 Å². The van der Waals surface area contributed by atoms with Crippen LogP contribution >= 0.6 is 11.3 Å². The van der Waals surface area contributed by atoms with Gasteiger partial charge in [0.05, 0.1) is 25.4 Å². The second-order valence-electron chi connectivity index (χ2n) is 7.94. The Balaban J connectivity index is 1.61. The fraction of sp³-hybridized carbons (Fsp3) is 0.542. The first-order valence-corrected chi connectivity index (χ1v) is 11.6. The minimum absolute atomic E-state index is 0.0673. The average Bonchev–Trinajstić information content (AvgIpc) is 3.13. The Morgan fingerprint density at radius 1 is 1.21 bits per heavy atom. The van der Waals surface area contributed by atoms with Crippen molar-refractivity contribution in [2.45, 2.75) is 77.5 Å². The number of anilines is 1. The zero-order valence-electron chi connectivity index (χ0n) is 17.6. The number of nitrogens with zero attached hydrogens (tertiary/aromatic N) is 1. The summed E-state index contributed by atoms with van der Waals surface area (Å²) in [6.07, 6.45) is 6.14. The predicted molar refractivity (Wildman–Crippen MR) is 119 cm³/mol. The highest BCUT2D eigenvalue weighted by Gasteiger charge is 2.29. The van der Waals surface area contributed by atoms with Gasteiger partial charge in [-0.25, -0.2) is 0 Å². The summed E-state index contributed by atoms with van der Waals surface area (Å²) in [5.74, 6) is 0.160. The molecule has 2 aromatic rings. The van der Waals surface area contributed by atoms with Gasteiger partial charge in [0.15, 0.2) is 0 Å². The number of amides is 1. The van der Waals surface area contributed by atoms with E-state index in [1.807, 2.05) is 29.2 Å². The molecule has 1 N–H and O–H groups in total. The maximum Gasteiger partial charge on any atom is 0.227 e. The summed E-state index contributed by atoms with van der Waals surface area (Å²) in [7, 11) is 0. The first-order valence-electron chi connectivity index (χ1n) is 10.8. The molecule has 1 aliphatic rings. The predicted octanol–water partition coefficient (Wildman–Crippen LogP) is 5.77. The van der Waals surface area contributed by atoms with Gasteiger partial charge in [0.1, 0.15) is 0 Å². The SMILES string of the molecule is CCCCCC(O)c1ccc(N2C(=O)CCC[C@@H]2COCc2ccc(C)s2)cc1. The van der Waals surface area contributed by atoms with Gasteiger partial charge in [-0.15, -0.1) is 11.3 Å². The highest BCUT2D eigenvalue weighted by Crippen LogP contribution is 2.29. The molecule has 158 valence electrons. The molecular weight excluding hydrogens is 382 g/mol. The van der Waals surface area contributed by atoms with Crippen LogP contribution in [0, 0.1) is 6.92 Å². The lowest BCUT2D eigenvalue weighted by molar-refractivity contribution is -0.120. The lowest BCUT2D eigenvalue weighted by Gasteiger charge is -2.35. The second-order valence-corrected chi connectivity index (χ2v) is 9.31. The molecule has 1 aromatic heterocycles. The molecule has 0 radical (unpaired) electrons. The number of carbonyl (C=O) groups excluding carboxylic acids is 1. The number of unbranched alkanes of at least 4 members (excludes halogenated alkanes) is 2. The van der Waals surface area contributed by atoms with E-state index in [1.165, 1.54) is 9.75 Å². The Morgan fingerprint density at radius 2 is 2.00 bits per heavy atom. The van der Waals surface area contributed by atoms with E-state index in [4.69, 9.17) is 4.74 Å². The fourth-order valence-electron chi connectivity index (χ4n) is 3.92. The Bertz CT molecular complexity index is 771. The summed E-state index contributed by atoms with van der Waals surface area (Å²) < 4.78 is 5.97. The minimum Gasteiger partial charge on any atom is -0.388 e. The molecule has 0 bridgehead atoms. The quantitative estimate of drug-likeness (QED) is 0.501. The van der Waals surface area contributed by atoms with Gasteiger partial charge in [-0.2, -0.15) is 0 Å². The van der Waals surface area contributed by atoms with E-state index >= 15 is 0 Å². The third kappa shape index (κ3) is 6.14. The Hall–Kier alpha value is -1.69. The first-order chi connectivity index (χ1) is 14.1. The van der Waals surface area contributed by atoms with Crippen LogP contribution in [0.15, 0.2) is 36.4 Å². The zero-order chi connectivity index (χ0) is 20.6. The van der Waals surface area contributed by atoms with Crippen molar-refractivity contribution in [3.05, 3.63) is 51.7 Å². The van der Waals surface area contributed by atoms with Crippen LogP contribution in [-0.2, 0) is 16.1 Å². The topological polar surface area (TPSA) is 49.8 Å². The van der Waals surface area contributed by atoms with Crippen molar-refractivity contribution in [1.29, 1.82) is 0 Å². The summed E-state index contributed by atoms with van der Waals surface area (Å²) in [5.41, 5.74) is 1.83. The van der Waals surface area contributed by atoms with Gasteiger partial charge >= 0.3 is 0 Å². The van der Waals surface area contributed by atoms with Crippen LogP contribution < -0.4 is 4.90 Å². The lowest BCUT2D eigenvalue weighted by atomic mass is 9.99. The number of benzene rings is 1. The Morgan fingerprint density at radius 3 is 2.69 bits per heavy atom. The molecule has 1 aliphatic heterocycles. The molecule has 0 spiro atoms. The Labute approximate surface area is 178 Å². The largest absolute Gasteiger partial charge is 0.388 e. The highest BCUT2D eigenvalue weighted by molar-refractivity contribution is 7.11. The third-order valence-corrected chi connectivity index (χ3v) is 6.52. The molecule has 1 amide bonds. The number of hydrogen-bond acceptors (Lipinski definition) is 4. The average molecular weight is 416 g/mol. The molecule has 3 rings (SSSR count). The van der Waals surface area contributed by atoms with E-state index in [1.54, 1.807) is 11.3 Å². The van der Waals surface area contributed by atoms with Gasteiger partial charge in [-0.05, 0) is 56.0 Å². The highest BCUT2D eigenvalue weighted by atomic mass is 32.1. The zero-order valence-corrected chi connectivity index (χ0v) is 18.4. The second kappa shape index (κ2) is 10.9. The molecule has 1 saturated heterocycles. The summed E-state index contributed by atoms with van der Waals surface area (Å²) in [6, 6.07) is 12.1. The van der Waals surface area contributed by atoms with Gasteiger partial charge in [0.2, 0.25) is 5.91 Å². The standard InChI is InChI=1S/C24H33NO3S/c1-3-4-5-8-23(26)19-11-13-20(14-12-19)25-21(7-6-9-24(25)27)16-28-17-22-15-10-18(2)29-22/h10-15,21,23,26H,3-9,16-17H2,1-2H3/t21-,23?/m1/s1. The smallest absolute Gasteiger partial charge is 0.227 e. The van der Waals surface area contributed by atoms with Crippen molar-refractivity contribution >= 4 is 22.9 Å². The van der Waals surface area contributed by atoms with Crippen molar-refractivity contribution in [3.63, 3.8) is 0 Å². The lowest BCUT2D eigenvalue weighted by Crippen LogP contribution is -2.46. The molecule has 29 heavy (non-hydrogen) atoms. The number of hydrogen-bond donors (Lipinski definition) is 1. The third-order valence-electron chi connectivity index (χ3n) is 5.55. The molecule has 0 aliphatic carbocycles. The molecule has 5 heteroatoms. The maximum atomic E-state index is 12.7. The number of piperidine rings is 1. The molecule has 2 heterocycles. The van der Waals surface area contributed by atoms with Crippen molar-refractivity contribution in [2.24, 2.45) is 0 Å². The number of rotatable bonds is 10. The van der Waals surface area contributed by atoms with E-state index in [2.05, 4.69) is 26.0 Å². The first kappa shape index (κ1) is 22.0. The number of carbonyl (C=O) groups is 1. The van der Waals surface area contributed by atoms with Gasteiger partial charge < -0.3 is 14.7 Å². The van der Waals surface area contributed by atoms with E-state index in [-0.39, 0.29) is 11.9 Å². The molecule has 1 aromatic carbocycles. The number of ether oxygens (including phenoxy) is 1. The van der Waals surface area contributed by atoms with Crippen LogP contribution in [-0.4, -0.2) is 23.7 Å². The van der Waals surface area contributed by atoms with Gasteiger partial charge in [-0.3, -0.25) is 4.79 Å². The molecule has 1 unspecified atom stereocenters. The maximum absolute atomic E-state index is 12.7.